The molecule has 30 heavy (non-hydrogen) atoms. The van der Waals surface area contributed by atoms with E-state index in [-0.39, 0.29) is 0 Å². The van der Waals surface area contributed by atoms with E-state index in [9.17, 15) is 0 Å². The quantitative estimate of drug-likeness (QED) is 0.262. The normalized spacial score (nSPS) is 33.8. The monoisotopic (exact) mass is 420 g/mol. The van der Waals surface area contributed by atoms with Gasteiger partial charge < -0.3 is 9.47 Å². The molecule has 3 fully saturated rings. The van der Waals surface area contributed by atoms with Crippen LogP contribution in [0.1, 0.15) is 142 Å². The van der Waals surface area contributed by atoms with E-state index >= 15 is 0 Å². The fourth-order valence-electron chi connectivity index (χ4n) is 6.90. The van der Waals surface area contributed by atoms with E-state index in [2.05, 4.69) is 13.8 Å². The number of rotatable bonds is 14. The molecule has 0 saturated heterocycles. The maximum absolute atomic E-state index is 6.23. The van der Waals surface area contributed by atoms with Gasteiger partial charge in [0.05, 0.1) is 12.2 Å². The lowest BCUT2D eigenvalue weighted by Crippen LogP contribution is -2.51. The Kier molecular flexibility index (Phi) is 10.5. The minimum absolute atomic E-state index is 0.569. The summed E-state index contributed by atoms with van der Waals surface area (Å²) in [7, 11) is 0. The van der Waals surface area contributed by atoms with Gasteiger partial charge >= 0.3 is 0 Å². The highest BCUT2D eigenvalue weighted by Gasteiger charge is 2.55. The van der Waals surface area contributed by atoms with Gasteiger partial charge in [-0.15, -0.1) is 0 Å². The maximum Gasteiger partial charge on any atom is 0.0575 e. The molecule has 0 heterocycles. The first-order chi connectivity index (χ1) is 14.7. The maximum atomic E-state index is 6.23. The topological polar surface area (TPSA) is 18.5 Å². The number of unbranched alkanes of at least 4 members (excludes halogenated alkanes) is 8. The van der Waals surface area contributed by atoms with Crippen LogP contribution in [-0.4, -0.2) is 25.4 Å². The standard InChI is InChI=1S/C28H52O2/c1-3-5-7-9-11-21-29-25-13-17-27(18-14-25)23-28(24-27)19-15-26(16-20-28)30-22-12-10-8-6-4-2/h25-26H,3-24H2,1-2H3. The second kappa shape index (κ2) is 12.8. The van der Waals surface area contributed by atoms with Crippen LogP contribution in [0, 0.1) is 10.8 Å². The van der Waals surface area contributed by atoms with Crippen LogP contribution in [0.4, 0.5) is 0 Å². The van der Waals surface area contributed by atoms with Crippen molar-refractivity contribution >= 4 is 0 Å². The Morgan fingerprint density at radius 2 is 0.900 bits per heavy atom. The summed E-state index contributed by atoms with van der Waals surface area (Å²) in [5.41, 5.74) is 1.40. The van der Waals surface area contributed by atoms with Crippen LogP contribution in [0.2, 0.25) is 0 Å². The fourth-order valence-corrected chi connectivity index (χ4v) is 6.90. The number of hydrogen-bond donors (Lipinski definition) is 0. The van der Waals surface area contributed by atoms with E-state index in [1.54, 1.807) is 0 Å². The molecule has 0 N–H and O–H groups in total. The molecule has 0 radical (unpaired) electrons. The zero-order valence-corrected chi connectivity index (χ0v) is 20.5. The lowest BCUT2D eigenvalue weighted by molar-refractivity contribution is -0.129. The molecule has 0 bridgehead atoms. The van der Waals surface area contributed by atoms with Crippen molar-refractivity contribution in [2.75, 3.05) is 13.2 Å². The van der Waals surface area contributed by atoms with Gasteiger partial charge in [-0.05, 0) is 87.9 Å². The smallest absolute Gasteiger partial charge is 0.0575 e. The van der Waals surface area contributed by atoms with Crippen molar-refractivity contribution < 1.29 is 9.47 Å². The third-order valence-corrected chi connectivity index (χ3v) is 8.69. The molecule has 0 aromatic heterocycles. The average Bonchev–Trinajstić information content (AvgIpc) is 2.75. The minimum atomic E-state index is 0.569. The predicted molar refractivity (Wildman–Crippen MR) is 128 cm³/mol. The molecule has 3 aliphatic carbocycles. The highest BCUT2D eigenvalue weighted by Crippen LogP contribution is 2.66. The Bertz CT molecular complexity index is 394. The van der Waals surface area contributed by atoms with Gasteiger partial charge in [-0.1, -0.05) is 65.2 Å². The van der Waals surface area contributed by atoms with Crippen molar-refractivity contribution in [1.29, 1.82) is 0 Å². The molecule has 0 atom stereocenters. The van der Waals surface area contributed by atoms with Crippen LogP contribution in [0.15, 0.2) is 0 Å². The van der Waals surface area contributed by atoms with Crippen LogP contribution in [-0.2, 0) is 9.47 Å². The highest BCUT2D eigenvalue weighted by molar-refractivity contribution is 5.06. The van der Waals surface area contributed by atoms with Gasteiger partial charge in [0.25, 0.3) is 0 Å². The van der Waals surface area contributed by atoms with Crippen LogP contribution in [0.5, 0.6) is 0 Å². The van der Waals surface area contributed by atoms with Crippen LogP contribution < -0.4 is 0 Å². The lowest BCUT2D eigenvalue weighted by atomic mass is 9.45. The SMILES string of the molecule is CCCCCCCOC1CCC2(CC1)CC1(CCC(OCCCCCCC)CC1)C2. The van der Waals surface area contributed by atoms with Crippen molar-refractivity contribution in [1.82, 2.24) is 0 Å². The molecule has 2 spiro atoms. The van der Waals surface area contributed by atoms with Gasteiger partial charge in [-0.25, -0.2) is 0 Å². The fraction of sp³-hybridized carbons (Fsp3) is 1.00. The first kappa shape index (κ1) is 24.6. The molecular weight excluding hydrogens is 368 g/mol. The van der Waals surface area contributed by atoms with E-state index in [1.807, 2.05) is 0 Å². The third-order valence-electron chi connectivity index (χ3n) is 8.69. The van der Waals surface area contributed by atoms with Crippen molar-refractivity contribution in [2.45, 2.75) is 154 Å². The van der Waals surface area contributed by atoms with E-state index in [0.717, 1.165) is 13.2 Å². The van der Waals surface area contributed by atoms with Gasteiger partial charge in [0.2, 0.25) is 0 Å². The van der Waals surface area contributed by atoms with E-state index in [1.165, 1.54) is 128 Å². The average molecular weight is 421 g/mol. The minimum Gasteiger partial charge on any atom is -0.378 e. The van der Waals surface area contributed by atoms with Gasteiger partial charge in [0.15, 0.2) is 0 Å². The molecule has 2 nitrogen and oxygen atoms in total. The van der Waals surface area contributed by atoms with Crippen molar-refractivity contribution in [3.63, 3.8) is 0 Å². The number of ether oxygens (including phenoxy) is 2. The highest BCUT2D eigenvalue weighted by atomic mass is 16.5. The summed E-state index contributed by atoms with van der Waals surface area (Å²) < 4.78 is 12.5. The van der Waals surface area contributed by atoms with Gasteiger partial charge in [0, 0.05) is 13.2 Å². The molecule has 0 unspecified atom stereocenters. The molecule has 0 aliphatic heterocycles. The lowest BCUT2D eigenvalue weighted by Gasteiger charge is -2.61. The van der Waals surface area contributed by atoms with Crippen molar-refractivity contribution in [2.24, 2.45) is 10.8 Å². The largest absolute Gasteiger partial charge is 0.378 e. The second-order valence-corrected chi connectivity index (χ2v) is 11.3. The van der Waals surface area contributed by atoms with Gasteiger partial charge in [-0.2, -0.15) is 0 Å². The Hall–Kier alpha value is -0.0800. The number of hydrogen-bond acceptors (Lipinski definition) is 2. The molecule has 3 rings (SSSR count). The zero-order chi connectivity index (χ0) is 21.1. The Morgan fingerprint density at radius 1 is 0.533 bits per heavy atom. The first-order valence-corrected chi connectivity index (χ1v) is 13.9. The summed E-state index contributed by atoms with van der Waals surface area (Å²) in [4.78, 5) is 0. The van der Waals surface area contributed by atoms with Crippen LogP contribution in [0.25, 0.3) is 0 Å². The molecule has 176 valence electrons. The Balaban J connectivity index is 1.22. The molecule has 3 saturated carbocycles. The Labute approximate surface area is 188 Å². The van der Waals surface area contributed by atoms with Crippen molar-refractivity contribution in [3.8, 4) is 0 Å². The van der Waals surface area contributed by atoms with Gasteiger partial charge in [-0.3, -0.25) is 0 Å². The van der Waals surface area contributed by atoms with E-state index in [4.69, 9.17) is 9.47 Å². The van der Waals surface area contributed by atoms with Crippen LogP contribution >= 0.6 is 0 Å². The first-order valence-electron chi connectivity index (χ1n) is 13.9. The van der Waals surface area contributed by atoms with E-state index < -0.39 is 0 Å². The van der Waals surface area contributed by atoms with Crippen LogP contribution in [0.3, 0.4) is 0 Å². The predicted octanol–water partition coefficient (Wildman–Crippen LogP) is 8.61. The molecule has 2 heteroatoms. The molecule has 3 aliphatic rings. The summed E-state index contributed by atoms with van der Waals surface area (Å²) in [6.07, 6.45) is 28.7. The third kappa shape index (κ3) is 7.51. The second-order valence-electron chi connectivity index (χ2n) is 11.3. The Morgan fingerprint density at radius 3 is 1.27 bits per heavy atom. The molecule has 0 aromatic rings. The molecular formula is C28H52O2. The summed E-state index contributed by atoms with van der Waals surface area (Å²) in [6, 6.07) is 0. The summed E-state index contributed by atoms with van der Waals surface area (Å²) >= 11 is 0. The zero-order valence-electron chi connectivity index (χ0n) is 20.5. The summed E-state index contributed by atoms with van der Waals surface area (Å²) in [5.74, 6) is 0. The summed E-state index contributed by atoms with van der Waals surface area (Å²) in [5, 5.41) is 0. The van der Waals surface area contributed by atoms with Crippen molar-refractivity contribution in [3.05, 3.63) is 0 Å². The summed E-state index contributed by atoms with van der Waals surface area (Å²) in [6.45, 7) is 6.58. The molecule has 0 amide bonds. The van der Waals surface area contributed by atoms with Gasteiger partial charge in [0.1, 0.15) is 0 Å². The van der Waals surface area contributed by atoms with E-state index in [0.29, 0.717) is 23.0 Å². The molecule has 0 aromatic carbocycles.